The molecule has 4 heterocycles. The molecule has 0 bridgehead atoms. The Kier molecular flexibility index (Phi) is 6.64. The molecule has 0 spiro atoms. The summed E-state index contributed by atoms with van der Waals surface area (Å²) in [5.74, 6) is 0.619. The van der Waals surface area contributed by atoms with E-state index in [2.05, 4.69) is 32.1 Å². The zero-order chi connectivity index (χ0) is 27.0. The first-order valence-electron chi connectivity index (χ1n) is 12.5. The summed E-state index contributed by atoms with van der Waals surface area (Å²) in [6, 6.07) is 4.60. The highest BCUT2D eigenvalue weighted by Gasteiger charge is 2.38. The number of amides is 1. The molecule has 1 amide bonds. The minimum atomic E-state index is -0.687. The number of aromatic nitrogens is 5. The third-order valence-corrected chi connectivity index (χ3v) is 6.49. The van der Waals surface area contributed by atoms with Crippen molar-refractivity contribution >= 4 is 23.5 Å². The quantitative estimate of drug-likeness (QED) is 0.446. The molecular formula is C26H31FN8O3. The molecule has 2 aromatic heterocycles. The number of likely N-dealkylation sites (N-methyl/N-ethyl adjacent to an activating group) is 1. The lowest BCUT2D eigenvalue weighted by atomic mass is 10.0. The molecule has 11 nitrogen and oxygen atoms in total. The van der Waals surface area contributed by atoms with Crippen LogP contribution in [0.5, 0.6) is 5.88 Å². The predicted molar refractivity (Wildman–Crippen MR) is 140 cm³/mol. The molecule has 1 atom stereocenters. The number of benzene rings is 1. The van der Waals surface area contributed by atoms with Crippen LogP contribution in [0.15, 0.2) is 31.0 Å². The van der Waals surface area contributed by atoms with Gasteiger partial charge in [-0.05, 0) is 39.8 Å². The van der Waals surface area contributed by atoms with E-state index in [1.807, 2.05) is 25.7 Å². The van der Waals surface area contributed by atoms with Gasteiger partial charge in [-0.25, -0.2) is 9.37 Å². The van der Waals surface area contributed by atoms with Crippen molar-refractivity contribution in [1.82, 2.24) is 30.0 Å². The molecule has 200 valence electrons. The van der Waals surface area contributed by atoms with E-state index in [1.165, 1.54) is 12.3 Å². The molecule has 5 rings (SSSR count). The largest absolute Gasteiger partial charge is 0.497 e. The van der Waals surface area contributed by atoms with Crippen LogP contribution in [-0.4, -0.2) is 73.8 Å². The summed E-state index contributed by atoms with van der Waals surface area (Å²) >= 11 is 0. The zero-order valence-electron chi connectivity index (χ0n) is 21.9. The monoisotopic (exact) mass is 522 g/mol. The second-order valence-electron chi connectivity index (χ2n) is 9.96. The first-order chi connectivity index (χ1) is 18.2. The van der Waals surface area contributed by atoms with Gasteiger partial charge < -0.3 is 24.6 Å². The smallest absolute Gasteiger partial charge is 0.261 e. The summed E-state index contributed by atoms with van der Waals surface area (Å²) < 4.78 is 27.2. The average molecular weight is 523 g/mol. The number of nitrogens with zero attached hydrogens (tertiary/aromatic N) is 6. The molecule has 2 aliphatic heterocycles. The van der Waals surface area contributed by atoms with E-state index < -0.39 is 11.4 Å². The van der Waals surface area contributed by atoms with E-state index in [-0.39, 0.29) is 35.1 Å². The Morgan fingerprint density at radius 3 is 2.84 bits per heavy atom. The van der Waals surface area contributed by atoms with Gasteiger partial charge in [0.15, 0.2) is 0 Å². The Morgan fingerprint density at radius 2 is 2.16 bits per heavy atom. The molecule has 0 aliphatic carbocycles. The van der Waals surface area contributed by atoms with Crippen LogP contribution in [0.25, 0.3) is 11.3 Å². The number of rotatable bonds is 7. The van der Waals surface area contributed by atoms with E-state index in [0.717, 1.165) is 6.42 Å². The third-order valence-electron chi connectivity index (χ3n) is 6.49. The normalized spacial score (nSPS) is 18.6. The standard InChI is InChI=1S/C26H31FN8O3/c1-6-34-14-26(4,5)38-22-20(23(34)36)21(30-25(31-22)35-11-10-17(13-35)37-7-2)16-8-9-19(18(27)12-16)29-24-28-15(3)32-33-24/h7-9,12,17H,2,6,10-11,13-14H2,1,3-5H3,(H2,28,29,32,33). The average Bonchev–Trinajstić information content (AvgIpc) is 3.49. The van der Waals surface area contributed by atoms with Gasteiger partial charge in [0.05, 0.1) is 30.7 Å². The second-order valence-corrected chi connectivity index (χ2v) is 9.96. The summed E-state index contributed by atoms with van der Waals surface area (Å²) in [6.07, 6.45) is 2.15. The highest BCUT2D eigenvalue weighted by molar-refractivity contribution is 6.02. The van der Waals surface area contributed by atoms with E-state index in [4.69, 9.17) is 14.5 Å². The predicted octanol–water partition coefficient (Wildman–Crippen LogP) is 3.82. The molecule has 3 aromatic rings. The van der Waals surface area contributed by atoms with Crippen molar-refractivity contribution in [2.45, 2.75) is 45.8 Å². The zero-order valence-corrected chi connectivity index (χ0v) is 21.9. The second kappa shape index (κ2) is 9.92. The van der Waals surface area contributed by atoms with Gasteiger partial charge in [-0.15, -0.1) is 5.10 Å². The van der Waals surface area contributed by atoms with Gasteiger partial charge in [-0.2, -0.15) is 9.97 Å². The van der Waals surface area contributed by atoms with E-state index >= 15 is 4.39 Å². The van der Waals surface area contributed by atoms with Crippen LogP contribution in [0.2, 0.25) is 0 Å². The number of halogens is 1. The number of carbonyl (C=O) groups is 1. The van der Waals surface area contributed by atoms with Crippen LogP contribution in [0.4, 0.5) is 22.0 Å². The molecule has 1 saturated heterocycles. The Balaban J connectivity index is 1.60. The molecular weight excluding hydrogens is 491 g/mol. The van der Waals surface area contributed by atoms with E-state index in [9.17, 15) is 4.79 Å². The molecule has 2 aliphatic rings. The fourth-order valence-electron chi connectivity index (χ4n) is 4.72. The summed E-state index contributed by atoms with van der Waals surface area (Å²) in [6.45, 7) is 13.2. The van der Waals surface area contributed by atoms with Crippen molar-refractivity contribution in [1.29, 1.82) is 0 Å². The molecule has 1 unspecified atom stereocenters. The highest BCUT2D eigenvalue weighted by atomic mass is 19.1. The number of hydrogen-bond donors (Lipinski definition) is 2. The van der Waals surface area contributed by atoms with Crippen LogP contribution in [0.3, 0.4) is 0 Å². The van der Waals surface area contributed by atoms with Gasteiger partial charge in [0.2, 0.25) is 17.8 Å². The van der Waals surface area contributed by atoms with Crippen LogP contribution >= 0.6 is 0 Å². The molecule has 1 aromatic carbocycles. The van der Waals surface area contributed by atoms with Gasteiger partial charge in [0.25, 0.3) is 5.91 Å². The van der Waals surface area contributed by atoms with E-state index in [0.29, 0.717) is 49.2 Å². The summed E-state index contributed by atoms with van der Waals surface area (Å²) in [4.78, 5) is 31.0. The van der Waals surface area contributed by atoms with Gasteiger partial charge in [-0.3, -0.25) is 9.89 Å². The highest BCUT2D eigenvalue weighted by Crippen LogP contribution is 2.37. The van der Waals surface area contributed by atoms with Crippen molar-refractivity contribution in [2.24, 2.45) is 0 Å². The Labute approximate surface area is 220 Å². The lowest BCUT2D eigenvalue weighted by molar-refractivity contribution is 0.0541. The molecule has 1 fully saturated rings. The van der Waals surface area contributed by atoms with Crippen LogP contribution in [-0.2, 0) is 4.74 Å². The molecule has 12 heteroatoms. The number of aromatic amines is 1. The summed E-state index contributed by atoms with van der Waals surface area (Å²) in [7, 11) is 0. The van der Waals surface area contributed by atoms with Crippen molar-refractivity contribution in [3.8, 4) is 17.1 Å². The maximum absolute atomic E-state index is 15.3. The number of H-pyrrole nitrogens is 1. The van der Waals surface area contributed by atoms with Gasteiger partial charge >= 0.3 is 0 Å². The number of ether oxygens (including phenoxy) is 2. The number of nitrogens with one attached hydrogen (secondary N) is 2. The summed E-state index contributed by atoms with van der Waals surface area (Å²) in [5.41, 5.74) is 0.441. The number of anilines is 3. The number of aryl methyl sites for hydroxylation is 1. The molecule has 0 radical (unpaired) electrons. The van der Waals surface area contributed by atoms with E-state index in [1.54, 1.807) is 24.0 Å². The van der Waals surface area contributed by atoms with Crippen LogP contribution < -0.4 is 15.0 Å². The number of hydrogen-bond acceptors (Lipinski definition) is 9. The van der Waals surface area contributed by atoms with Crippen molar-refractivity contribution in [2.75, 3.05) is 36.4 Å². The fraction of sp³-hybridized carbons (Fsp3) is 0.423. The molecule has 0 saturated carbocycles. The number of fused-ring (bicyclic) bond motifs is 1. The third kappa shape index (κ3) is 4.98. The maximum atomic E-state index is 15.3. The Hall–Kier alpha value is -4.22. The minimum Gasteiger partial charge on any atom is -0.497 e. The Morgan fingerprint density at radius 1 is 1.34 bits per heavy atom. The fourth-order valence-corrected chi connectivity index (χ4v) is 4.72. The Bertz CT molecular complexity index is 1370. The first kappa shape index (κ1) is 25.4. The maximum Gasteiger partial charge on any atom is 0.261 e. The van der Waals surface area contributed by atoms with Gasteiger partial charge in [-0.1, -0.05) is 12.6 Å². The van der Waals surface area contributed by atoms with Gasteiger partial charge in [0, 0.05) is 25.1 Å². The molecule has 38 heavy (non-hydrogen) atoms. The lowest BCUT2D eigenvalue weighted by Crippen LogP contribution is -2.42. The van der Waals surface area contributed by atoms with Crippen molar-refractivity contribution in [3.05, 3.63) is 48.2 Å². The van der Waals surface area contributed by atoms with Gasteiger partial charge in [0.1, 0.15) is 28.9 Å². The number of carbonyl (C=O) groups excluding carboxylic acids is 1. The minimum absolute atomic E-state index is 0.0463. The SMILES string of the molecule is C=COC1CCN(c2nc3c(c(-c4ccc(Nc5n[nH]c(C)n5)c(F)c4)n2)C(=O)N(CC)CC(C)(C)O3)C1. The van der Waals surface area contributed by atoms with Crippen molar-refractivity contribution in [3.63, 3.8) is 0 Å². The lowest BCUT2D eigenvalue weighted by Gasteiger charge is -2.28. The first-order valence-corrected chi connectivity index (χ1v) is 12.5. The topological polar surface area (TPSA) is 121 Å². The van der Waals surface area contributed by atoms with Crippen LogP contribution in [0, 0.1) is 12.7 Å². The van der Waals surface area contributed by atoms with Crippen molar-refractivity contribution < 1.29 is 18.7 Å². The molecule has 2 N–H and O–H groups in total. The van der Waals surface area contributed by atoms with Crippen LogP contribution in [0.1, 0.15) is 43.4 Å². The summed E-state index contributed by atoms with van der Waals surface area (Å²) in [5, 5.41) is 9.57.